The minimum Gasteiger partial charge on any atom is -0.0654 e. The van der Waals surface area contributed by atoms with Gasteiger partial charge in [0.05, 0.1) is 0 Å². The van der Waals surface area contributed by atoms with Crippen molar-refractivity contribution in [3.63, 3.8) is 0 Å². The van der Waals surface area contributed by atoms with Crippen LogP contribution in [0.25, 0.3) is 0 Å². The summed E-state index contributed by atoms with van der Waals surface area (Å²) >= 11 is 0. The molecule has 0 fully saturated rings. The SMILES string of the molecule is [CH2]c1ccc(CCCC)c(CCCC)c1CCCC. The summed E-state index contributed by atoms with van der Waals surface area (Å²) in [5.74, 6) is 0. The second kappa shape index (κ2) is 9.18. The molecule has 19 heavy (non-hydrogen) atoms. The lowest BCUT2D eigenvalue weighted by molar-refractivity contribution is 0.733. The molecule has 0 aliphatic heterocycles. The van der Waals surface area contributed by atoms with Crippen LogP contribution in [-0.4, -0.2) is 0 Å². The van der Waals surface area contributed by atoms with E-state index in [0.717, 1.165) is 0 Å². The number of benzene rings is 1. The monoisotopic (exact) mass is 259 g/mol. The summed E-state index contributed by atoms with van der Waals surface area (Å²) in [5.41, 5.74) is 6.05. The first-order valence-corrected chi connectivity index (χ1v) is 8.20. The van der Waals surface area contributed by atoms with Gasteiger partial charge in [-0.3, -0.25) is 0 Å². The first kappa shape index (κ1) is 16.3. The van der Waals surface area contributed by atoms with Crippen molar-refractivity contribution in [2.24, 2.45) is 0 Å². The van der Waals surface area contributed by atoms with Crippen LogP contribution < -0.4 is 0 Å². The number of hydrogen-bond acceptors (Lipinski definition) is 0. The van der Waals surface area contributed by atoms with Crippen molar-refractivity contribution < 1.29 is 0 Å². The van der Waals surface area contributed by atoms with Crippen molar-refractivity contribution in [2.45, 2.75) is 78.6 Å². The molecular weight excluding hydrogens is 228 g/mol. The van der Waals surface area contributed by atoms with Gasteiger partial charge < -0.3 is 0 Å². The number of hydrogen-bond donors (Lipinski definition) is 0. The van der Waals surface area contributed by atoms with Gasteiger partial charge in [-0.1, -0.05) is 52.2 Å². The number of unbranched alkanes of at least 4 members (excludes halogenated alkanes) is 3. The van der Waals surface area contributed by atoms with Crippen LogP contribution in [0.3, 0.4) is 0 Å². The normalized spacial score (nSPS) is 10.9. The highest BCUT2D eigenvalue weighted by molar-refractivity contribution is 5.43. The van der Waals surface area contributed by atoms with E-state index in [4.69, 9.17) is 0 Å². The average Bonchev–Trinajstić information content (AvgIpc) is 2.42. The van der Waals surface area contributed by atoms with Crippen LogP contribution >= 0.6 is 0 Å². The van der Waals surface area contributed by atoms with Crippen LogP contribution in [-0.2, 0) is 19.3 Å². The fourth-order valence-electron chi connectivity index (χ4n) is 2.72. The fourth-order valence-corrected chi connectivity index (χ4v) is 2.72. The van der Waals surface area contributed by atoms with Crippen molar-refractivity contribution in [1.29, 1.82) is 0 Å². The van der Waals surface area contributed by atoms with Crippen molar-refractivity contribution >= 4 is 0 Å². The van der Waals surface area contributed by atoms with Crippen LogP contribution in [0.15, 0.2) is 12.1 Å². The average molecular weight is 259 g/mol. The molecule has 1 rings (SSSR count). The molecule has 0 atom stereocenters. The van der Waals surface area contributed by atoms with Crippen molar-refractivity contribution in [3.8, 4) is 0 Å². The second-order valence-electron chi connectivity index (χ2n) is 5.65. The van der Waals surface area contributed by atoms with Gasteiger partial charge in [-0.05, 0) is 67.7 Å². The van der Waals surface area contributed by atoms with Gasteiger partial charge in [0.2, 0.25) is 0 Å². The van der Waals surface area contributed by atoms with Gasteiger partial charge in [-0.25, -0.2) is 0 Å². The Bertz CT molecular complexity index is 363. The van der Waals surface area contributed by atoms with Gasteiger partial charge >= 0.3 is 0 Å². The van der Waals surface area contributed by atoms with Crippen LogP contribution in [0, 0.1) is 6.92 Å². The molecule has 0 spiro atoms. The fraction of sp³-hybridized carbons (Fsp3) is 0.632. The molecule has 0 heteroatoms. The summed E-state index contributed by atoms with van der Waals surface area (Å²) in [6.07, 6.45) is 11.4. The molecule has 0 unspecified atom stereocenters. The van der Waals surface area contributed by atoms with E-state index >= 15 is 0 Å². The summed E-state index contributed by atoms with van der Waals surface area (Å²) in [6.45, 7) is 11.1. The predicted octanol–water partition coefficient (Wildman–Crippen LogP) is 5.90. The maximum atomic E-state index is 4.26. The maximum Gasteiger partial charge on any atom is -0.0235 e. The van der Waals surface area contributed by atoms with E-state index in [1.807, 2.05) is 0 Å². The molecule has 0 aliphatic carbocycles. The molecule has 0 saturated carbocycles. The second-order valence-corrected chi connectivity index (χ2v) is 5.65. The third-order valence-electron chi connectivity index (χ3n) is 3.99. The standard InChI is InChI=1S/C19H31/c1-5-8-11-17-15-14-16(4)18(12-9-6-2)19(17)13-10-7-3/h14-15H,4-13H2,1-3H3. The highest BCUT2D eigenvalue weighted by Crippen LogP contribution is 2.24. The van der Waals surface area contributed by atoms with Crippen LogP contribution in [0.4, 0.5) is 0 Å². The molecule has 1 aromatic carbocycles. The molecule has 0 saturated heterocycles. The molecular formula is C19H31. The van der Waals surface area contributed by atoms with Gasteiger partial charge in [0, 0.05) is 0 Å². The van der Waals surface area contributed by atoms with E-state index in [1.54, 1.807) is 16.7 Å². The molecule has 1 aromatic rings. The summed E-state index contributed by atoms with van der Waals surface area (Å²) in [7, 11) is 0. The van der Waals surface area contributed by atoms with E-state index < -0.39 is 0 Å². The van der Waals surface area contributed by atoms with Gasteiger partial charge in [-0.2, -0.15) is 0 Å². The third-order valence-corrected chi connectivity index (χ3v) is 3.99. The van der Waals surface area contributed by atoms with Crippen molar-refractivity contribution in [2.75, 3.05) is 0 Å². The maximum absolute atomic E-state index is 4.26. The summed E-state index contributed by atoms with van der Waals surface area (Å²) in [5, 5.41) is 0. The Morgan fingerprint density at radius 2 is 1.26 bits per heavy atom. The molecule has 0 amide bonds. The Morgan fingerprint density at radius 3 is 1.84 bits per heavy atom. The highest BCUT2D eigenvalue weighted by Gasteiger charge is 2.10. The van der Waals surface area contributed by atoms with E-state index in [-0.39, 0.29) is 0 Å². The summed E-state index contributed by atoms with van der Waals surface area (Å²) in [6, 6.07) is 4.57. The predicted molar refractivity (Wildman–Crippen MR) is 86.7 cm³/mol. The Morgan fingerprint density at radius 1 is 0.737 bits per heavy atom. The third kappa shape index (κ3) is 5.01. The Balaban J connectivity index is 3.00. The van der Waals surface area contributed by atoms with E-state index in [9.17, 15) is 0 Å². The molecule has 0 N–H and O–H groups in total. The van der Waals surface area contributed by atoms with E-state index in [2.05, 4.69) is 39.8 Å². The lowest BCUT2D eigenvalue weighted by Gasteiger charge is -2.17. The van der Waals surface area contributed by atoms with E-state index in [0.29, 0.717) is 0 Å². The lowest BCUT2D eigenvalue weighted by atomic mass is 9.88. The van der Waals surface area contributed by atoms with Gasteiger partial charge in [-0.15, -0.1) is 0 Å². The topological polar surface area (TPSA) is 0 Å². The smallest absolute Gasteiger partial charge is 0.0235 e. The Kier molecular flexibility index (Phi) is 7.86. The molecule has 0 heterocycles. The van der Waals surface area contributed by atoms with Crippen LogP contribution in [0.5, 0.6) is 0 Å². The van der Waals surface area contributed by atoms with Gasteiger partial charge in [0.15, 0.2) is 0 Å². The summed E-state index contributed by atoms with van der Waals surface area (Å²) < 4.78 is 0. The highest BCUT2D eigenvalue weighted by atomic mass is 14.2. The number of rotatable bonds is 9. The molecule has 0 aliphatic rings. The quantitative estimate of drug-likeness (QED) is 0.518. The molecule has 0 aromatic heterocycles. The minimum atomic E-state index is 1.22. The lowest BCUT2D eigenvalue weighted by Crippen LogP contribution is -2.04. The first-order valence-electron chi connectivity index (χ1n) is 8.20. The largest absolute Gasteiger partial charge is 0.0654 e. The first-order chi connectivity index (χ1) is 9.24. The molecule has 0 nitrogen and oxygen atoms in total. The summed E-state index contributed by atoms with van der Waals surface area (Å²) in [4.78, 5) is 0. The van der Waals surface area contributed by atoms with Crippen molar-refractivity contribution in [1.82, 2.24) is 0 Å². The van der Waals surface area contributed by atoms with Crippen molar-refractivity contribution in [3.05, 3.63) is 41.3 Å². The van der Waals surface area contributed by atoms with E-state index in [1.165, 1.54) is 63.4 Å². The van der Waals surface area contributed by atoms with Gasteiger partial charge in [0.25, 0.3) is 0 Å². The molecule has 1 radical (unpaired) electrons. The van der Waals surface area contributed by atoms with Crippen LogP contribution in [0.1, 0.15) is 81.5 Å². The number of aryl methyl sites for hydroxylation is 1. The zero-order valence-electron chi connectivity index (χ0n) is 13.2. The van der Waals surface area contributed by atoms with Gasteiger partial charge in [0.1, 0.15) is 0 Å². The minimum absolute atomic E-state index is 1.22. The zero-order chi connectivity index (χ0) is 14.1. The molecule has 107 valence electrons. The molecule has 0 bridgehead atoms. The Hall–Kier alpha value is -0.780. The Labute approximate surface area is 120 Å². The van der Waals surface area contributed by atoms with Crippen LogP contribution in [0.2, 0.25) is 0 Å². The zero-order valence-corrected chi connectivity index (χ0v) is 13.2.